The van der Waals surface area contributed by atoms with Crippen LogP contribution in [0.4, 0.5) is 0 Å². The lowest BCUT2D eigenvalue weighted by molar-refractivity contribution is -0.126. The molecule has 0 radical (unpaired) electrons. The van der Waals surface area contributed by atoms with Crippen molar-refractivity contribution >= 4 is 0 Å². The van der Waals surface area contributed by atoms with Crippen LogP contribution in [0.2, 0.25) is 0 Å². The van der Waals surface area contributed by atoms with Crippen LogP contribution in [0, 0.1) is 12.3 Å². The highest BCUT2D eigenvalue weighted by atomic mass is 16.6. The van der Waals surface area contributed by atoms with Gasteiger partial charge in [0.1, 0.15) is 6.10 Å². The number of aromatic nitrogens is 2. The smallest absolute Gasteiger partial charge is 0.330 e. The van der Waals surface area contributed by atoms with Crippen molar-refractivity contribution in [3.8, 4) is 12.3 Å². The Morgan fingerprint density at radius 1 is 1.60 bits per heavy atom. The molecular weight excluding hydrogens is 270 g/mol. The minimum atomic E-state index is -2.35. The van der Waals surface area contributed by atoms with Gasteiger partial charge in [-0.3, -0.25) is 20.1 Å². The molecule has 1 aliphatic rings. The monoisotopic (exact) mass is 283 g/mol. The average molecular weight is 283 g/mol. The van der Waals surface area contributed by atoms with Crippen molar-refractivity contribution in [3.63, 3.8) is 0 Å². The molecule has 2 rings (SSSR count). The number of hydrogen-bond donors (Lipinski definition) is 5. The lowest BCUT2D eigenvalue weighted by atomic mass is 9.92. The molecule has 1 saturated heterocycles. The summed E-state index contributed by atoms with van der Waals surface area (Å²) in [6.45, 7) is -0.841. The first kappa shape index (κ1) is 14.4. The number of aliphatic hydroxyl groups is 3. The second-order valence-corrected chi connectivity index (χ2v) is 4.47. The van der Waals surface area contributed by atoms with Crippen LogP contribution in [0.25, 0.3) is 0 Å². The van der Waals surface area contributed by atoms with E-state index in [4.69, 9.17) is 22.0 Å². The molecular formula is C11H13N3O6. The highest BCUT2D eigenvalue weighted by Gasteiger charge is 2.62. The van der Waals surface area contributed by atoms with Gasteiger partial charge in [0.25, 0.3) is 5.56 Å². The molecule has 1 fully saturated rings. The molecule has 9 heteroatoms. The zero-order chi connectivity index (χ0) is 15.1. The van der Waals surface area contributed by atoms with Gasteiger partial charge in [-0.05, 0) is 0 Å². The number of aromatic amines is 1. The standard InChI is InChI=1S/C11H13N3O6/c1-2-10(19)7(17)11(12,5-15)20-8(10)14-4-3-6(16)13-9(14)18/h1,3-4,7-8,15,17,19H,5,12H2,(H,13,16,18)/t7-,8+,10+,11+/m0/s1. The van der Waals surface area contributed by atoms with E-state index in [1.807, 2.05) is 10.9 Å². The van der Waals surface area contributed by atoms with Crippen molar-refractivity contribution in [1.82, 2.24) is 9.55 Å². The predicted octanol–water partition coefficient (Wildman–Crippen LogP) is -3.56. The molecule has 0 aromatic carbocycles. The third kappa shape index (κ3) is 1.87. The fourth-order valence-corrected chi connectivity index (χ4v) is 2.02. The van der Waals surface area contributed by atoms with Crippen LogP contribution in [0.5, 0.6) is 0 Å². The van der Waals surface area contributed by atoms with Crippen LogP contribution in [-0.4, -0.2) is 48.9 Å². The van der Waals surface area contributed by atoms with E-state index in [2.05, 4.69) is 0 Å². The molecule has 0 spiro atoms. The van der Waals surface area contributed by atoms with Gasteiger partial charge in [-0.2, -0.15) is 0 Å². The van der Waals surface area contributed by atoms with E-state index in [1.54, 1.807) is 0 Å². The van der Waals surface area contributed by atoms with Crippen molar-refractivity contribution in [1.29, 1.82) is 0 Å². The highest BCUT2D eigenvalue weighted by Crippen LogP contribution is 2.40. The van der Waals surface area contributed by atoms with Gasteiger partial charge in [-0.1, -0.05) is 5.92 Å². The first-order valence-electron chi connectivity index (χ1n) is 5.56. The molecule has 1 aliphatic heterocycles. The summed E-state index contributed by atoms with van der Waals surface area (Å²) < 4.78 is 5.92. The van der Waals surface area contributed by atoms with E-state index < -0.39 is 41.5 Å². The largest absolute Gasteiger partial charge is 0.392 e. The maximum absolute atomic E-state index is 11.7. The van der Waals surface area contributed by atoms with Gasteiger partial charge >= 0.3 is 5.69 Å². The van der Waals surface area contributed by atoms with Gasteiger partial charge in [-0.25, -0.2) is 4.79 Å². The maximum Gasteiger partial charge on any atom is 0.330 e. The Bertz CT molecular complexity index is 676. The minimum absolute atomic E-state index is 0.657. The third-order valence-electron chi connectivity index (χ3n) is 3.17. The lowest BCUT2D eigenvalue weighted by Crippen LogP contribution is -2.57. The first-order chi connectivity index (χ1) is 9.28. The molecule has 4 atom stereocenters. The molecule has 9 nitrogen and oxygen atoms in total. The molecule has 0 amide bonds. The molecule has 6 N–H and O–H groups in total. The van der Waals surface area contributed by atoms with E-state index in [9.17, 15) is 19.8 Å². The Labute approximate surface area is 112 Å². The zero-order valence-electron chi connectivity index (χ0n) is 10.2. The van der Waals surface area contributed by atoms with Gasteiger partial charge in [0.15, 0.2) is 12.0 Å². The summed E-state index contributed by atoms with van der Waals surface area (Å²) in [7, 11) is 0. The van der Waals surface area contributed by atoms with Crippen LogP contribution in [0.15, 0.2) is 21.9 Å². The summed E-state index contributed by atoms with van der Waals surface area (Å²) in [4.78, 5) is 24.7. The molecule has 0 unspecified atom stereocenters. The molecule has 1 aromatic rings. The van der Waals surface area contributed by atoms with Crippen LogP contribution >= 0.6 is 0 Å². The number of rotatable bonds is 2. The SMILES string of the molecule is C#C[C@]1(O)[C@H](n2ccc(=O)[nH]c2=O)O[C@](N)(CO)[C@H]1O. The van der Waals surface area contributed by atoms with Crippen molar-refractivity contribution in [2.45, 2.75) is 23.7 Å². The van der Waals surface area contributed by atoms with Crippen molar-refractivity contribution in [2.75, 3.05) is 6.61 Å². The first-order valence-corrected chi connectivity index (χ1v) is 5.56. The highest BCUT2D eigenvalue weighted by molar-refractivity contribution is 5.22. The Morgan fingerprint density at radius 2 is 2.25 bits per heavy atom. The fourth-order valence-electron chi connectivity index (χ4n) is 2.02. The number of nitrogens with two attached hydrogens (primary N) is 1. The second-order valence-electron chi connectivity index (χ2n) is 4.47. The van der Waals surface area contributed by atoms with E-state index in [1.165, 1.54) is 0 Å². The Morgan fingerprint density at radius 3 is 2.75 bits per heavy atom. The number of H-pyrrole nitrogens is 1. The number of terminal acetylenes is 1. The van der Waals surface area contributed by atoms with Gasteiger partial charge in [0, 0.05) is 12.3 Å². The van der Waals surface area contributed by atoms with Gasteiger partial charge < -0.3 is 20.1 Å². The third-order valence-corrected chi connectivity index (χ3v) is 3.17. The summed E-state index contributed by atoms with van der Waals surface area (Å²) in [5.74, 6) is 1.91. The number of nitrogens with one attached hydrogen (secondary N) is 1. The molecule has 108 valence electrons. The second kappa shape index (κ2) is 4.55. The number of ether oxygens (including phenoxy) is 1. The molecule has 0 saturated carbocycles. The summed E-state index contributed by atoms with van der Waals surface area (Å²) in [6.07, 6.45) is 2.80. The number of aliphatic hydroxyl groups excluding tert-OH is 2. The van der Waals surface area contributed by atoms with Crippen molar-refractivity contribution in [2.24, 2.45) is 5.73 Å². The van der Waals surface area contributed by atoms with E-state index in [0.29, 0.717) is 0 Å². The van der Waals surface area contributed by atoms with Gasteiger partial charge in [0.05, 0.1) is 6.61 Å². The van der Waals surface area contributed by atoms with E-state index in [0.717, 1.165) is 16.8 Å². The molecule has 20 heavy (non-hydrogen) atoms. The minimum Gasteiger partial charge on any atom is -0.392 e. The van der Waals surface area contributed by atoms with Crippen LogP contribution in [-0.2, 0) is 4.74 Å². The average Bonchev–Trinajstić information content (AvgIpc) is 2.62. The molecule has 1 aromatic heterocycles. The molecule has 0 aliphatic carbocycles. The van der Waals surface area contributed by atoms with Crippen LogP contribution < -0.4 is 17.0 Å². The zero-order valence-corrected chi connectivity index (χ0v) is 10.2. The normalized spacial score (nSPS) is 36.8. The Kier molecular flexibility index (Phi) is 3.29. The number of hydrogen-bond acceptors (Lipinski definition) is 7. The van der Waals surface area contributed by atoms with Crippen LogP contribution in [0.3, 0.4) is 0 Å². The van der Waals surface area contributed by atoms with Crippen molar-refractivity contribution < 1.29 is 20.1 Å². The lowest BCUT2D eigenvalue weighted by Gasteiger charge is -2.27. The fraction of sp³-hybridized carbons (Fsp3) is 0.455. The molecule has 0 bridgehead atoms. The Hall–Kier alpha value is -1.96. The maximum atomic E-state index is 11.7. The van der Waals surface area contributed by atoms with Crippen LogP contribution in [0.1, 0.15) is 6.23 Å². The predicted molar refractivity (Wildman–Crippen MR) is 65.2 cm³/mol. The molecule has 2 heterocycles. The topological polar surface area (TPSA) is 151 Å². The quantitative estimate of drug-likeness (QED) is 0.352. The van der Waals surface area contributed by atoms with Crippen molar-refractivity contribution in [3.05, 3.63) is 33.1 Å². The number of nitrogens with zero attached hydrogens (tertiary/aromatic N) is 1. The summed E-state index contributed by atoms with van der Waals surface area (Å²) >= 11 is 0. The van der Waals surface area contributed by atoms with E-state index >= 15 is 0 Å². The summed E-state index contributed by atoms with van der Waals surface area (Å²) in [6, 6.07) is 1.00. The van der Waals surface area contributed by atoms with Gasteiger partial charge in [-0.15, -0.1) is 6.42 Å². The summed E-state index contributed by atoms with van der Waals surface area (Å²) in [5.41, 5.74) is -0.361. The van der Waals surface area contributed by atoms with E-state index in [-0.39, 0.29) is 0 Å². The summed E-state index contributed by atoms with van der Waals surface area (Å²) in [5, 5.41) is 29.4. The Balaban J connectivity index is 2.59. The van der Waals surface area contributed by atoms with Gasteiger partial charge in [0.2, 0.25) is 5.60 Å².